The summed E-state index contributed by atoms with van der Waals surface area (Å²) in [6.45, 7) is 3.38. The lowest BCUT2D eigenvalue weighted by molar-refractivity contribution is -0.385. The number of nitrogens with zero attached hydrogens (tertiary/aromatic N) is 3. The van der Waals surface area contributed by atoms with Gasteiger partial charge in [0.25, 0.3) is 16.8 Å². The molecule has 0 radical (unpaired) electrons. The zero-order chi connectivity index (χ0) is 22.5. The van der Waals surface area contributed by atoms with E-state index in [1.807, 2.05) is 6.92 Å². The summed E-state index contributed by atoms with van der Waals surface area (Å²) < 4.78 is 6.89. The standard InChI is InChI=1S/C21H21N3O6S/c1-3-14(2)30-19(25)13-23-20(26)18(31-21(23)27)11-16-8-6-10-22(16)12-15-7-4-5-9-17(15)24(28)29/h4-11,14H,3,12-13H2,1-2H3/b18-11+/t14-/m0/s1. The first-order valence-corrected chi connectivity index (χ1v) is 10.4. The Kier molecular flexibility index (Phi) is 6.91. The van der Waals surface area contributed by atoms with Gasteiger partial charge in [-0.3, -0.25) is 29.4 Å². The Morgan fingerprint density at radius 2 is 2.00 bits per heavy atom. The topological polar surface area (TPSA) is 112 Å². The van der Waals surface area contributed by atoms with Crippen LogP contribution in [0.2, 0.25) is 0 Å². The first kappa shape index (κ1) is 22.3. The van der Waals surface area contributed by atoms with Crippen molar-refractivity contribution in [3.63, 3.8) is 0 Å². The summed E-state index contributed by atoms with van der Waals surface area (Å²) in [6.07, 6.45) is 3.60. The Morgan fingerprint density at radius 1 is 1.26 bits per heavy atom. The van der Waals surface area contributed by atoms with Crippen LogP contribution in [-0.2, 0) is 20.9 Å². The average molecular weight is 443 g/mol. The highest BCUT2D eigenvalue weighted by molar-refractivity contribution is 8.18. The van der Waals surface area contributed by atoms with Crippen LogP contribution in [0.15, 0.2) is 47.5 Å². The van der Waals surface area contributed by atoms with Crippen molar-refractivity contribution in [2.24, 2.45) is 0 Å². The fraction of sp³-hybridized carbons (Fsp3) is 0.286. The molecule has 162 valence electrons. The molecule has 1 aromatic carbocycles. The SMILES string of the molecule is CC[C@H](C)OC(=O)CN1C(=O)S/C(=C/c2cccn2Cc2ccccc2[N+](=O)[O-])C1=O. The van der Waals surface area contributed by atoms with Gasteiger partial charge in [-0.1, -0.05) is 25.1 Å². The summed E-state index contributed by atoms with van der Waals surface area (Å²) in [5, 5.41) is 10.7. The van der Waals surface area contributed by atoms with Crippen LogP contribution in [0.4, 0.5) is 10.5 Å². The predicted octanol–water partition coefficient (Wildman–Crippen LogP) is 3.82. The number of carbonyl (C=O) groups excluding carboxylic acids is 3. The van der Waals surface area contributed by atoms with Crippen LogP contribution in [-0.4, -0.2) is 44.2 Å². The average Bonchev–Trinajstić information content (AvgIpc) is 3.27. The van der Waals surface area contributed by atoms with E-state index in [0.29, 0.717) is 17.7 Å². The molecule has 1 aliphatic rings. The quantitative estimate of drug-likeness (QED) is 0.264. The number of para-hydroxylation sites is 1. The molecule has 3 rings (SSSR count). The van der Waals surface area contributed by atoms with E-state index in [4.69, 9.17) is 4.74 Å². The Labute approximate surface area is 182 Å². The molecular weight excluding hydrogens is 422 g/mol. The van der Waals surface area contributed by atoms with E-state index in [9.17, 15) is 24.5 Å². The molecular formula is C21H21N3O6S. The number of imide groups is 1. The van der Waals surface area contributed by atoms with Gasteiger partial charge in [0.2, 0.25) is 0 Å². The third-order valence-electron chi connectivity index (χ3n) is 4.74. The lowest BCUT2D eigenvalue weighted by Crippen LogP contribution is -2.35. The number of nitro benzene ring substituents is 1. The van der Waals surface area contributed by atoms with Gasteiger partial charge in [-0.15, -0.1) is 0 Å². The molecule has 31 heavy (non-hydrogen) atoms. The van der Waals surface area contributed by atoms with Crippen LogP contribution in [0.25, 0.3) is 6.08 Å². The van der Waals surface area contributed by atoms with Crippen molar-refractivity contribution in [2.45, 2.75) is 32.9 Å². The van der Waals surface area contributed by atoms with Crippen molar-refractivity contribution < 1.29 is 24.0 Å². The van der Waals surface area contributed by atoms with Gasteiger partial charge in [0.1, 0.15) is 6.54 Å². The first-order chi connectivity index (χ1) is 14.8. The smallest absolute Gasteiger partial charge is 0.326 e. The van der Waals surface area contributed by atoms with Crippen LogP contribution in [0.5, 0.6) is 0 Å². The Bertz CT molecular complexity index is 1060. The fourth-order valence-electron chi connectivity index (χ4n) is 2.95. The zero-order valence-electron chi connectivity index (χ0n) is 17.0. The molecule has 2 aromatic rings. The normalized spacial score (nSPS) is 16.1. The highest BCUT2D eigenvalue weighted by Gasteiger charge is 2.37. The molecule has 10 heteroatoms. The molecule has 0 saturated carbocycles. The summed E-state index contributed by atoms with van der Waals surface area (Å²) in [5.74, 6) is -1.22. The van der Waals surface area contributed by atoms with Gasteiger partial charge in [-0.25, -0.2) is 0 Å². The Balaban J connectivity index is 1.77. The predicted molar refractivity (Wildman–Crippen MR) is 115 cm³/mol. The molecule has 0 bridgehead atoms. The molecule has 1 fully saturated rings. The van der Waals surface area contributed by atoms with E-state index < -0.39 is 28.6 Å². The van der Waals surface area contributed by atoms with Crippen molar-refractivity contribution in [1.82, 2.24) is 9.47 Å². The minimum atomic E-state index is -0.641. The van der Waals surface area contributed by atoms with E-state index in [2.05, 4.69) is 0 Å². The highest BCUT2D eigenvalue weighted by atomic mass is 32.2. The van der Waals surface area contributed by atoms with Crippen LogP contribution in [0, 0.1) is 10.1 Å². The largest absolute Gasteiger partial charge is 0.461 e. The molecule has 2 amide bonds. The lowest BCUT2D eigenvalue weighted by Gasteiger charge is -2.14. The molecule has 1 saturated heterocycles. The number of esters is 1. The fourth-order valence-corrected chi connectivity index (χ4v) is 3.78. The van der Waals surface area contributed by atoms with Crippen molar-refractivity contribution in [3.8, 4) is 0 Å². The van der Waals surface area contributed by atoms with Crippen molar-refractivity contribution in [1.29, 1.82) is 0 Å². The highest BCUT2D eigenvalue weighted by Crippen LogP contribution is 2.32. The number of rotatable bonds is 8. The second-order valence-electron chi connectivity index (χ2n) is 6.92. The van der Waals surface area contributed by atoms with Gasteiger partial charge in [0.15, 0.2) is 0 Å². The number of aromatic nitrogens is 1. The second-order valence-corrected chi connectivity index (χ2v) is 7.92. The molecule has 1 aromatic heterocycles. The summed E-state index contributed by atoms with van der Waals surface area (Å²) >= 11 is 0.739. The van der Waals surface area contributed by atoms with Crippen LogP contribution < -0.4 is 0 Å². The number of nitro groups is 1. The van der Waals surface area contributed by atoms with Gasteiger partial charge < -0.3 is 9.30 Å². The minimum absolute atomic E-state index is 0.00212. The summed E-state index contributed by atoms with van der Waals surface area (Å²) in [4.78, 5) is 48.7. The van der Waals surface area contributed by atoms with E-state index in [1.54, 1.807) is 54.1 Å². The van der Waals surface area contributed by atoms with E-state index >= 15 is 0 Å². The van der Waals surface area contributed by atoms with Crippen LogP contribution in [0.1, 0.15) is 31.5 Å². The summed E-state index contributed by atoms with van der Waals surface area (Å²) in [7, 11) is 0. The van der Waals surface area contributed by atoms with E-state index in [0.717, 1.165) is 16.7 Å². The van der Waals surface area contributed by atoms with Crippen molar-refractivity contribution in [3.05, 3.63) is 68.9 Å². The van der Waals surface area contributed by atoms with Crippen LogP contribution >= 0.6 is 11.8 Å². The molecule has 0 N–H and O–H groups in total. The van der Waals surface area contributed by atoms with Crippen LogP contribution in [0.3, 0.4) is 0 Å². The molecule has 2 heterocycles. The van der Waals surface area contributed by atoms with Gasteiger partial charge in [0.05, 0.1) is 22.5 Å². The number of hydrogen-bond donors (Lipinski definition) is 0. The molecule has 0 aliphatic carbocycles. The van der Waals surface area contributed by atoms with E-state index in [1.165, 1.54) is 6.07 Å². The molecule has 0 spiro atoms. The van der Waals surface area contributed by atoms with Gasteiger partial charge in [0, 0.05) is 23.5 Å². The van der Waals surface area contributed by atoms with Gasteiger partial charge in [-0.2, -0.15) is 0 Å². The Hall–Kier alpha value is -3.40. The minimum Gasteiger partial charge on any atom is -0.461 e. The zero-order valence-corrected chi connectivity index (χ0v) is 17.8. The summed E-state index contributed by atoms with van der Waals surface area (Å²) in [6, 6.07) is 9.89. The number of benzene rings is 1. The second kappa shape index (κ2) is 9.61. The number of thioether (sulfide) groups is 1. The van der Waals surface area contributed by atoms with Crippen molar-refractivity contribution in [2.75, 3.05) is 6.54 Å². The first-order valence-electron chi connectivity index (χ1n) is 9.62. The maximum Gasteiger partial charge on any atom is 0.326 e. The van der Waals surface area contributed by atoms with E-state index in [-0.39, 0.29) is 23.2 Å². The summed E-state index contributed by atoms with van der Waals surface area (Å²) in [5.41, 5.74) is 1.12. The Morgan fingerprint density at radius 3 is 2.71 bits per heavy atom. The monoisotopic (exact) mass is 443 g/mol. The third-order valence-corrected chi connectivity index (χ3v) is 5.65. The number of hydrogen-bond acceptors (Lipinski definition) is 7. The van der Waals surface area contributed by atoms with Crippen molar-refractivity contribution >= 4 is 40.6 Å². The van der Waals surface area contributed by atoms with Gasteiger partial charge in [-0.05, 0) is 43.3 Å². The van der Waals surface area contributed by atoms with Gasteiger partial charge >= 0.3 is 5.97 Å². The molecule has 9 nitrogen and oxygen atoms in total. The molecule has 1 atom stereocenters. The number of ether oxygens (including phenoxy) is 1. The third kappa shape index (κ3) is 5.21. The maximum absolute atomic E-state index is 12.7. The number of amides is 2. The number of carbonyl (C=O) groups is 3. The molecule has 1 aliphatic heterocycles. The maximum atomic E-state index is 12.7. The lowest BCUT2D eigenvalue weighted by atomic mass is 10.2. The molecule has 0 unspecified atom stereocenters.